The normalized spacial score (nSPS) is 20.8. The maximum Gasteiger partial charge on any atom is 0.314 e. The summed E-state index contributed by atoms with van der Waals surface area (Å²) in [6.45, 7) is 0.750. The third kappa shape index (κ3) is 4.42. The van der Waals surface area contributed by atoms with Crippen molar-refractivity contribution in [1.29, 1.82) is 0 Å². The molecular weight excluding hydrogens is 358 g/mol. The minimum absolute atomic E-state index is 0.105. The monoisotopic (exact) mass is 383 g/mol. The second kappa shape index (κ2) is 8.17. The number of hydrogen-bond acceptors (Lipinski definition) is 5. The van der Waals surface area contributed by atoms with Crippen molar-refractivity contribution < 1.29 is 18.0 Å². The van der Waals surface area contributed by atoms with Crippen LogP contribution in [0.3, 0.4) is 0 Å². The third-order valence-electron chi connectivity index (χ3n) is 4.89. The molecule has 0 spiro atoms. The first kappa shape index (κ1) is 18.8. The van der Waals surface area contributed by atoms with E-state index >= 15 is 0 Å². The van der Waals surface area contributed by atoms with Gasteiger partial charge in [0.2, 0.25) is 10.0 Å². The zero-order valence-corrected chi connectivity index (χ0v) is 15.5. The number of sulfonamides is 1. The van der Waals surface area contributed by atoms with E-state index in [4.69, 9.17) is 0 Å². The van der Waals surface area contributed by atoms with E-state index in [2.05, 4.69) is 15.7 Å². The standard InChI is InChI=1S/C16H25N5O4S/c22-15(17-9-11-20-10-4-12-26(20,24)25)16(23)19-14-7-8-18-21(14)13-5-2-1-3-6-13/h7-8,13H,1-6,9-12H2,(H,17,22)(H,19,23). The summed E-state index contributed by atoms with van der Waals surface area (Å²) in [5.74, 6) is -0.893. The number of aromatic nitrogens is 2. The number of amides is 2. The average molecular weight is 383 g/mol. The predicted octanol–water partition coefficient (Wildman–Crippen LogP) is 0.478. The SMILES string of the molecule is O=C(NCCN1CCCS1(=O)=O)C(=O)Nc1ccnn1C1CCCCC1. The lowest BCUT2D eigenvalue weighted by Gasteiger charge is -2.23. The van der Waals surface area contributed by atoms with Crippen molar-refractivity contribution in [1.82, 2.24) is 19.4 Å². The number of rotatable bonds is 5. The van der Waals surface area contributed by atoms with Crippen LogP contribution in [0, 0.1) is 0 Å². The summed E-state index contributed by atoms with van der Waals surface area (Å²) in [7, 11) is -3.19. The fraction of sp³-hybridized carbons (Fsp3) is 0.688. The third-order valence-corrected chi connectivity index (χ3v) is 6.85. The topological polar surface area (TPSA) is 113 Å². The van der Waals surface area contributed by atoms with Crippen LogP contribution in [0.5, 0.6) is 0 Å². The van der Waals surface area contributed by atoms with Gasteiger partial charge in [0.05, 0.1) is 18.0 Å². The number of nitrogens with zero attached hydrogens (tertiary/aromatic N) is 3. The van der Waals surface area contributed by atoms with E-state index in [1.807, 2.05) is 0 Å². The lowest BCUT2D eigenvalue weighted by atomic mass is 9.96. The van der Waals surface area contributed by atoms with Gasteiger partial charge in [-0.25, -0.2) is 17.4 Å². The Bertz CT molecular complexity index is 754. The van der Waals surface area contributed by atoms with Crippen molar-refractivity contribution in [3.05, 3.63) is 12.3 Å². The average Bonchev–Trinajstić information content (AvgIpc) is 3.21. The largest absolute Gasteiger partial charge is 0.347 e. The van der Waals surface area contributed by atoms with Gasteiger partial charge in [0.25, 0.3) is 0 Å². The van der Waals surface area contributed by atoms with Gasteiger partial charge >= 0.3 is 11.8 Å². The molecule has 1 aromatic rings. The zero-order chi connectivity index (χ0) is 18.6. The van der Waals surface area contributed by atoms with E-state index in [-0.39, 0.29) is 24.9 Å². The molecule has 3 rings (SSSR count). The molecule has 1 aliphatic heterocycles. The molecule has 10 heteroatoms. The highest BCUT2D eigenvalue weighted by atomic mass is 32.2. The van der Waals surface area contributed by atoms with Crippen LogP contribution in [0.15, 0.2) is 12.3 Å². The Balaban J connectivity index is 1.49. The molecule has 0 bridgehead atoms. The van der Waals surface area contributed by atoms with Crippen molar-refractivity contribution in [2.24, 2.45) is 0 Å². The van der Waals surface area contributed by atoms with Crippen LogP contribution in [0.25, 0.3) is 0 Å². The minimum Gasteiger partial charge on any atom is -0.347 e. The van der Waals surface area contributed by atoms with Gasteiger partial charge in [0.15, 0.2) is 0 Å². The highest BCUT2D eigenvalue weighted by molar-refractivity contribution is 7.89. The van der Waals surface area contributed by atoms with Crippen LogP contribution < -0.4 is 10.6 Å². The molecule has 1 saturated carbocycles. The summed E-state index contributed by atoms with van der Waals surface area (Å²) < 4.78 is 26.5. The van der Waals surface area contributed by atoms with E-state index < -0.39 is 21.8 Å². The van der Waals surface area contributed by atoms with Gasteiger partial charge in [-0.15, -0.1) is 0 Å². The molecule has 2 heterocycles. The Morgan fingerprint density at radius 2 is 1.92 bits per heavy atom. The van der Waals surface area contributed by atoms with Gasteiger partial charge in [0.1, 0.15) is 5.82 Å². The zero-order valence-electron chi connectivity index (χ0n) is 14.7. The first-order valence-electron chi connectivity index (χ1n) is 9.08. The molecule has 2 N–H and O–H groups in total. The fourth-order valence-electron chi connectivity index (χ4n) is 3.52. The number of anilines is 1. The first-order valence-corrected chi connectivity index (χ1v) is 10.7. The first-order chi connectivity index (χ1) is 12.5. The number of nitrogens with one attached hydrogen (secondary N) is 2. The van der Waals surface area contributed by atoms with Gasteiger partial charge in [-0.1, -0.05) is 19.3 Å². The van der Waals surface area contributed by atoms with Crippen LogP contribution in [-0.2, 0) is 19.6 Å². The molecule has 1 aromatic heterocycles. The molecule has 0 radical (unpaired) electrons. The second-order valence-corrected chi connectivity index (χ2v) is 8.82. The van der Waals surface area contributed by atoms with Crippen LogP contribution >= 0.6 is 0 Å². The fourth-order valence-corrected chi connectivity index (χ4v) is 5.05. The lowest BCUT2D eigenvalue weighted by Crippen LogP contribution is -2.41. The highest BCUT2D eigenvalue weighted by Crippen LogP contribution is 2.29. The lowest BCUT2D eigenvalue weighted by molar-refractivity contribution is -0.136. The summed E-state index contributed by atoms with van der Waals surface area (Å²) in [5, 5.41) is 9.35. The molecule has 2 amide bonds. The summed E-state index contributed by atoms with van der Waals surface area (Å²) >= 11 is 0. The second-order valence-electron chi connectivity index (χ2n) is 6.73. The molecule has 9 nitrogen and oxygen atoms in total. The van der Waals surface area contributed by atoms with E-state index in [0.717, 1.165) is 25.7 Å². The summed E-state index contributed by atoms with van der Waals surface area (Å²) in [5.41, 5.74) is 0. The Morgan fingerprint density at radius 3 is 2.62 bits per heavy atom. The van der Waals surface area contributed by atoms with Gasteiger partial charge in [0, 0.05) is 25.7 Å². The van der Waals surface area contributed by atoms with Gasteiger partial charge < -0.3 is 10.6 Å². The molecule has 2 aliphatic rings. The van der Waals surface area contributed by atoms with Crippen molar-refractivity contribution >= 4 is 27.7 Å². The van der Waals surface area contributed by atoms with Crippen LogP contribution in [0.2, 0.25) is 0 Å². The molecule has 144 valence electrons. The molecule has 0 aromatic carbocycles. The van der Waals surface area contributed by atoms with Gasteiger partial charge in [-0.3, -0.25) is 9.59 Å². The van der Waals surface area contributed by atoms with Gasteiger partial charge in [-0.05, 0) is 19.3 Å². The van der Waals surface area contributed by atoms with E-state index in [0.29, 0.717) is 18.8 Å². The summed E-state index contributed by atoms with van der Waals surface area (Å²) in [6, 6.07) is 1.92. The summed E-state index contributed by atoms with van der Waals surface area (Å²) in [4.78, 5) is 24.1. The van der Waals surface area contributed by atoms with E-state index in [1.165, 1.54) is 10.7 Å². The molecule has 1 saturated heterocycles. The highest BCUT2D eigenvalue weighted by Gasteiger charge is 2.28. The van der Waals surface area contributed by atoms with E-state index in [9.17, 15) is 18.0 Å². The van der Waals surface area contributed by atoms with Crippen LogP contribution in [0.4, 0.5) is 5.82 Å². The Kier molecular flexibility index (Phi) is 5.92. The molecule has 0 unspecified atom stereocenters. The number of hydrogen-bond donors (Lipinski definition) is 2. The molecule has 0 atom stereocenters. The van der Waals surface area contributed by atoms with Crippen LogP contribution in [0.1, 0.15) is 44.6 Å². The summed E-state index contributed by atoms with van der Waals surface area (Å²) in [6.07, 6.45) is 7.73. The Hall–Kier alpha value is -1.94. The Morgan fingerprint density at radius 1 is 1.15 bits per heavy atom. The van der Waals surface area contributed by atoms with Gasteiger partial charge in [-0.2, -0.15) is 5.10 Å². The van der Waals surface area contributed by atoms with Crippen molar-refractivity contribution in [2.45, 2.75) is 44.6 Å². The Labute approximate surface area is 153 Å². The quantitative estimate of drug-likeness (QED) is 0.718. The molecular formula is C16H25N5O4S. The number of carbonyl (C=O) groups excluding carboxylic acids is 2. The number of carbonyl (C=O) groups is 2. The minimum atomic E-state index is -3.19. The molecule has 26 heavy (non-hydrogen) atoms. The van der Waals surface area contributed by atoms with E-state index in [1.54, 1.807) is 16.9 Å². The molecule has 2 fully saturated rings. The smallest absolute Gasteiger partial charge is 0.314 e. The van der Waals surface area contributed by atoms with Crippen molar-refractivity contribution in [3.8, 4) is 0 Å². The van der Waals surface area contributed by atoms with Crippen molar-refractivity contribution in [3.63, 3.8) is 0 Å². The van der Waals surface area contributed by atoms with Crippen LogP contribution in [-0.4, -0.2) is 59.7 Å². The predicted molar refractivity (Wildman–Crippen MR) is 96.0 cm³/mol. The molecule has 1 aliphatic carbocycles. The maximum atomic E-state index is 12.1. The van der Waals surface area contributed by atoms with Crippen molar-refractivity contribution in [2.75, 3.05) is 30.7 Å². The maximum absolute atomic E-state index is 12.1.